The predicted octanol–water partition coefficient (Wildman–Crippen LogP) is 3.80. The molecule has 0 saturated heterocycles. The molecule has 0 unspecified atom stereocenters. The minimum atomic E-state index is -2.95. The van der Waals surface area contributed by atoms with Crippen LogP contribution < -0.4 is 20.1 Å². The zero-order valence-electron chi connectivity index (χ0n) is 18.1. The fraction of sp³-hybridized carbons (Fsp3) is 0.304. The Hall–Kier alpha value is -3.62. The lowest BCUT2D eigenvalue weighted by atomic mass is 10.2. The molecule has 0 fully saturated rings. The van der Waals surface area contributed by atoms with E-state index in [4.69, 9.17) is 9.47 Å². The van der Waals surface area contributed by atoms with Crippen LogP contribution in [0.2, 0.25) is 0 Å². The molecule has 2 aromatic carbocycles. The molecule has 32 heavy (non-hydrogen) atoms. The third-order valence-corrected chi connectivity index (χ3v) is 4.65. The van der Waals surface area contributed by atoms with Gasteiger partial charge in [-0.05, 0) is 18.6 Å². The minimum absolute atomic E-state index is 0.0192. The Bertz CT molecular complexity index is 1010. The highest BCUT2D eigenvalue weighted by Crippen LogP contribution is 2.32. The van der Waals surface area contributed by atoms with Gasteiger partial charge in [-0.2, -0.15) is 8.78 Å². The van der Waals surface area contributed by atoms with Gasteiger partial charge in [0, 0.05) is 38.1 Å². The number of aromatic nitrogens is 2. The van der Waals surface area contributed by atoms with Gasteiger partial charge in [0.15, 0.2) is 17.5 Å². The molecule has 9 heteroatoms. The number of imidazole rings is 1. The summed E-state index contributed by atoms with van der Waals surface area (Å²) in [5, 5.41) is 6.33. The van der Waals surface area contributed by atoms with Crippen LogP contribution in [0.15, 0.2) is 65.9 Å². The lowest BCUT2D eigenvalue weighted by Gasteiger charge is -2.17. The van der Waals surface area contributed by atoms with Gasteiger partial charge in [0.25, 0.3) is 0 Å². The number of nitrogens with one attached hydrogen (secondary N) is 2. The summed E-state index contributed by atoms with van der Waals surface area (Å²) in [6.45, 7) is 0.554. The molecule has 0 amide bonds. The number of rotatable bonds is 10. The highest BCUT2D eigenvalue weighted by Gasteiger charge is 2.16. The standard InChI is InChI=1S/C23H27F2N5O2/c1-3-31-19-11-7-10-18(21(19)32-22(24)25)14-28-23(26-2)29-15-20-27-12-13-30(20)16-17-8-5-4-6-9-17/h4-13,22H,3,14-16H2,1-2H3,(H2,26,28,29). The minimum Gasteiger partial charge on any atom is -0.490 e. The van der Waals surface area contributed by atoms with Crippen LogP contribution >= 0.6 is 0 Å². The van der Waals surface area contributed by atoms with Crippen molar-refractivity contribution in [3.8, 4) is 11.5 Å². The monoisotopic (exact) mass is 443 g/mol. The highest BCUT2D eigenvalue weighted by molar-refractivity contribution is 5.79. The maximum absolute atomic E-state index is 12.9. The average molecular weight is 443 g/mol. The number of alkyl halides is 2. The van der Waals surface area contributed by atoms with Crippen LogP contribution in [0.25, 0.3) is 0 Å². The lowest BCUT2D eigenvalue weighted by Crippen LogP contribution is -2.37. The Kier molecular flexibility index (Phi) is 8.42. The molecule has 0 radical (unpaired) electrons. The van der Waals surface area contributed by atoms with E-state index in [1.165, 1.54) is 5.56 Å². The van der Waals surface area contributed by atoms with E-state index in [1.54, 1.807) is 38.4 Å². The topological polar surface area (TPSA) is 72.7 Å². The summed E-state index contributed by atoms with van der Waals surface area (Å²) in [5.74, 6) is 1.64. The molecule has 170 valence electrons. The Morgan fingerprint density at radius 2 is 1.88 bits per heavy atom. The van der Waals surface area contributed by atoms with E-state index >= 15 is 0 Å². The van der Waals surface area contributed by atoms with Crippen molar-refractivity contribution in [1.29, 1.82) is 0 Å². The summed E-state index contributed by atoms with van der Waals surface area (Å²) in [5.41, 5.74) is 1.71. The zero-order chi connectivity index (χ0) is 22.8. The highest BCUT2D eigenvalue weighted by atomic mass is 19.3. The van der Waals surface area contributed by atoms with Crippen LogP contribution in [0.3, 0.4) is 0 Å². The number of hydrogen-bond acceptors (Lipinski definition) is 4. The van der Waals surface area contributed by atoms with E-state index < -0.39 is 6.61 Å². The summed E-state index contributed by atoms with van der Waals surface area (Å²) in [4.78, 5) is 8.62. The number of para-hydroxylation sites is 1. The second-order valence-corrected chi connectivity index (χ2v) is 6.79. The third kappa shape index (κ3) is 6.44. The Balaban J connectivity index is 1.62. The van der Waals surface area contributed by atoms with Gasteiger partial charge in [-0.1, -0.05) is 42.5 Å². The Morgan fingerprint density at radius 3 is 2.59 bits per heavy atom. The fourth-order valence-electron chi connectivity index (χ4n) is 3.19. The number of hydrogen-bond donors (Lipinski definition) is 2. The smallest absolute Gasteiger partial charge is 0.387 e. The number of ether oxygens (including phenoxy) is 2. The number of benzene rings is 2. The maximum Gasteiger partial charge on any atom is 0.387 e. The molecule has 0 atom stereocenters. The zero-order valence-corrected chi connectivity index (χ0v) is 18.1. The Labute approximate surface area is 186 Å². The van der Waals surface area contributed by atoms with E-state index in [0.717, 1.165) is 5.82 Å². The molecular weight excluding hydrogens is 416 g/mol. The SMILES string of the molecule is CCOc1cccc(CNC(=NC)NCc2nccn2Cc2ccccc2)c1OC(F)F. The summed E-state index contributed by atoms with van der Waals surface area (Å²) >= 11 is 0. The normalized spacial score (nSPS) is 11.5. The molecule has 0 aliphatic heterocycles. The third-order valence-electron chi connectivity index (χ3n) is 4.65. The number of halogens is 2. The summed E-state index contributed by atoms with van der Waals surface area (Å²) in [6, 6.07) is 15.1. The second-order valence-electron chi connectivity index (χ2n) is 6.79. The number of nitrogens with zero attached hydrogens (tertiary/aromatic N) is 3. The predicted molar refractivity (Wildman–Crippen MR) is 119 cm³/mol. The van der Waals surface area contributed by atoms with Crippen molar-refractivity contribution in [3.63, 3.8) is 0 Å². The molecule has 1 heterocycles. The van der Waals surface area contributed by atoms with Crippen molar-refractivity contribution in [3.05, 3.63) is 77.9 Å². The molecule has 3 rings (SSSR count). The van der Waals surface area contributed by atoms with Gasteiger partial charge in [-0.3, -0.25) is 4.99 Å². The van der Waals surface area contributed by atoms with Gasteiger partial charge in [0.1, 0.15) is 5.82 Å². The summed E-state index contributed by atoms with van der Waals surface area (Å²) in [6.07, 6.45) is 3.68. The summed E-state index contributed by atoms with van der Waals surface area (Å²) < 4.78 is 38.0. The van der Waals surface area contributed by atoms with Crippen LogP contribution in [0, 0.1) is 0 Å². The van der Waals surface area contributed by atoms with Gasteiger partial charge in [0.2, 0.25) is 0 Å². The molecule has 0 spiro atoms. The molecule has 7 nitrogen and oxygen atoms in total. The van der Waals surface area contributed by atoms with Crippen LogP contribution in [-0.4, -0.2) is 35.8 Å². The average Bonchev–Trinajstić information content (AvgIpc) is 3.23. The van der Waals surface area contributed by atoms with Gasteiger partial charge < -0.3 is 24.7 Å². The first kappa shape index (κ1) is 23.1. The first-order valence-electron chi connectivity index (χ1n) is 10.3. The van der Waals surface area contributed by atoms with Crippen molar-refractivity contribution >= 4 is 5.96 Å². The van der Waals surface area contributed by atoms with Crippen LogP contribution in [-0.2, 0) is 19.6 Å². The molecule has 1 aromatic heterocycles. The van der Waals surface area contributed by atoms with Gasteiger partial charge in [-0.25, -0.2) is 4.98 Å². The van der Waals surface area contributed by atoms with Crippen LogP contribution in [0.4, 0.5) is 8.78 Å². The quantitative estimate of drug-likeness (QED) is 0.368. The van der Waals surface area contributed by atoms with E-state index in [-0.39, 0.29) is 18.0 Å². The Morgan fingerprint density at radius 1 is 1.09 bits per heavy atom. The van der Waals surface area contributed by atoms with E-state index in [9.17, 15) is 8.78 Å². The van der Waals surface area contributed by atoms with E-state index in [2.05, 4.69) is 37.3 Å². The van der Waals surface area contributed by atoms with Crippen molar-refractivity contribution in [2.45, 2.75) is 33.2 Å². The van der Waals surface area contributed by atoms with Crippen molar-refractivity contribution in [2.75, 3.05) is 13.7 Å². The van der Waals surface area contributed by atoms with Crippen LogP contribution in [0.5, 0.6) is 11.5 Å². The maximum atomic E-state index is 12.9. The van der Waals surface area contributed by atoms with Gasteiger partial charge >= 0.3 is 6.61 Å². The molecule has 3 aromatic rings. The van der Waals surface area contributed by atoms with Crippen molar-refractivity contribution in [1.82, 2.24) is 20.2 Å². The molecule has 0 saturated carbocycles. The van der Waals surface area contributed by atoms with Gasteiger partial charge in [0.05, 0.1) is 13.2 Å². The van der Waals surface area contributed by atoms with E-state index in [1.807, 2.05) is 24.4 Å². The first-order valence-corrected chi connectivity index (χ1v) is 10.3. The van der Waals surface area contributed by atoms with Crippen molar-refractivity contribution in [2.24, 2.45) is 4.99 Å². The molecular formula is C23H27F2N5O2. The summed E-state index contributed by atoms with van der Waals surface area (Å²) in [7, 11) is 1.64. The first-order chi connectivity index (χ1) is 15.6. The largest absolute Gasteiger partial charge is 0.490 e. The number of guanidine groups is 1. The van der Waals surface area contributed by atoms with E-state index in [0.29, 0.717) is 31.2 Å². The fourth-order valence-corrected chi connectivity index (χ4v) is 3.19. The molecule has 0 bridgehead atoms. The molecule has 2 N–H and O–H groups in total. The van der Waals surface area contributed by atoms with Gasteiger partial charge in [-0.15, -0.1) is 0 Å². The lowest BCUT2D eigenvalue weighted by molar-refractivity contribution is -0.0520. The number of aliphatic imine (C=N–C) groups is 1. The molecule has 0 aliphatic carbocycles. The molecule has 0 aliphatic rings. The second kappa shape index (κ2) is 11.7. The van der Waals surface area contributed by atoms with Crippen molar-refractivity contribution < 1.29 is 18.3 Å². The van der Waals surface area contributed by atoms with Crippen LogP contribution in [0.1, 0.15) is 23.9 Å².